The van der Waals surface area contributed by atoms with Crippen LogP contribution in [0.25, 0.3) is 0 Å². The van der Waals surface area contributed by atoms with Crippen LogP contribution in [0.15, 0.2) is 29.8 Å². The molecule has 1 N–H and O–H groups in total. The Morgan fingerprint density at radius 2 is 2.24 bits per heavy atom. The first-order valence-corrected chi connectivity index (χ1v) is 7.08. The van der Waals surface area contributed by atoms with Crippen molar-refractivity contribution in [2.45, 2.75) is 13.5 Å². The van der Waals surface area contributed by atoms with Gasteiger partial charge in [0.15, 0.2) is 5.69 Å². The largest absolute Gasteiger partial charge is 0.461 e. The van der Waals surface area contributed by atoms with Crippen molar-refractivity contribution in [2.24, 2.45) is 0 Å². The summed E-state index contributed by atoms with van der Waals surface area (Å²) < 4.78 is 4.90. The highest BCUT2D eigenvalue weighted by atomic mass is 32.1. The van der Waals surface area contributed by atoms with E-state index in [0.717, 1.165) is 0 Å². The van der Waals surface area contributed by atoms with Gasteiger partial charge in [0.1, 0.15) is 5.00 Å². The molecule has 0 bridgehead atoms. The van der Waals surface area contributed by atoms with Crippen LogP contribution in [0.1, 0.15) is 23.0 Å². The van der Waals surface area contributed by atoms with Crippen molar-refractivity contribution in [1.29, 1.82) is 0 Å². The molecular weight excluding hydrogens is 294 g/mol. The number of hydrogen-bond donors (Lipinski definition) is 1. The third kappa shape index (κ3) is 3.54. The minimum Gasteiger partial charge on any atom is -0.461 e. The third-order valence-electron chi connectivity index (χ3n) is 2.66. The van der Waals surface area contributed by atoms with Crippen LogP contribution >= 0.6 is 11.3 Å². The number of carbonyl (C=O) groups is 1. The molecule has 8 heteroatoms. The second-order valence-electron chi connectivity index (χ2n) is 3.99. The number of rotatable bonds is 6. The second-order valence-corrected chi connectivity index (χ2v) is 4.84. The van der Waals surface area contributed by atoms with Crippen LogP contribution in [0.4, 0.5) is 10.7 Å². The molecule has 0 aliphatic heterocycles. The summed E-state index contributed by atoms with van der Waals surface area (Å²) in [5.74, 6) is -0.510. The molecule has 0 amide bonds. The van der Waals surface area contributed by atoms with E-state index in [0.29, 0.717) is 10.6 Å². The van der Waals surface area contributed by atoms with Crippen molar-refractivity contribution >= 4 is 28.0 Å². The first kappa shape index (κ1) is 14.9. The van der Waals surface area contributed by atoms with Crippen molar-refractivity contribution in [3.8, 4) is 0 Å². The SMILES string of the molecule is CCOC(=O)c1ncsc1NCc1ccccc1[N+](=O)[O-]. The number of nitrogens with one attached hydrogen (secondary N) is 1. The Morgan fingerprint density at radius 3 is 2.95 bits per heavy atom. The number of hydrogen-bond acceptors (Lipinski definition) is 7. The lowest BCUT2D eigenvalue weighted by Gasteiger charge is -2.06. The maximum absolute atomic E-state index is 11.7. The normalized spacial score (nSPS) is 10.1. The molecule has 2 rings (SSSR count). The molecule has 1 aromatic carbocycles. The molecule has 7 nitrogen and oxygen atoms in total. The lowest BCUT2D eigenvalue weighted by molar-refractivity contribution is -0.385. The highest BCUT2D eigenvalue weighted by molar-refractivity contribution is 7.14. The fraction of sp³-hybridized carbons (Fsp3) is 0.231. The van der Waals surface area contributed by atoms with Gasteiger partial charge in [-0.2, -0.15) is 0 Å². The van der Waals surface area contributed by atoms with Gasteiger partial charge in [-0.15, -0.1) is 11.3 Å². The zero-order valence-electron chi connectivity index (χ0n) is 11.2. The Hall–Kier alpha value is -2.48. The van der Waals surface area contributed by atoms with Gasteiger partial charge >= 0.3 is 5.97 Å². The predicted molar refractivity (Wildman–Crippen MR) is 78.5 cm³/mol. The van der Waals surface area contributed by atoms with Crippen LogP contribution in [0.5, 0.6) is 0 Å². The molecular formula is C13H13N3O4S. The Kier molecular flexibility index (Phi) is 4.83. The summed E-state index contributed by atoms with van der Waals surface area (Å²) in [4.78, 5) is 26.1. The average molecular weight is 307 g/mol. The molecule has 1 aromatic heterocycles. The molecule has 0 radical (unpaired) electrons. The number of para-hydroxylation sites is 1. The fourth-order valence-corrected chi connectivity index (χ4v) is 2.40. The average Bonchev–Trinajstić information content (AvgIpc) is 2.94. The predicted octanol–water partition coefficient (Wildman–Crippen LogP) is 2.84. The number of esters is 1. The van der Waals surface area contributed by atoms with E-state index in [2.05, 4.69) is 10.3 Å². The molecule has 0 unspecified atom stereocenters. The molecule has 2 aromatic rings. The van der Waals surface area contributed by atoms with Gasteiger partial charge in [0, 0.05) is 18.2 Å². The van der Waals surface area contributed by atoms with Gasteiger partial charge in [-0.05, 0) is 6.92 Å². The minimum absolute atomic E-state index is 0.0344. The number of nitrogens with zero attached hydrogens (tertiary/aromatic N) is 2. The van der Waals surface area contributed by atoms with E-state index in [4.69, 9.17) is 4.74 Å². The lowest BCUT2D eigenvalue weighted by Crippen LogP contribution is -2.09. The summed E-state index contributed by atoms with van der Waals surface area (Å²) in [6.07, 6.45) is 0. The fourth-order valence-electron chi connectivity index (χ4n) is 1.73. The topological polar surface area (TPSA) is 94.4 Å². The summed E-state index contributed by atoms with van der Waals surface area (Å²) in [6.45, 7) is 2.20. The first-order chi connectivity index (χ1) is 10.1. The number of carbonyl (C=O) groups excluding carboxylic acids is 1. The maximum atomic E-state index is 11.7. The Morgan fingerprint density at radius 1 is 1.48 bits per heavy atom. The summed E-state index contributed by atoms with van der Waals surface area (Å²) >= 11 is 1.24. The van der Waals surface area contributed by atoms with Crippen molar-refractivity contribution in [2.75, 3.05) is 11.9 Å². The Labute approximate surface area is 124 Å². The van der Waals surface area contributed by atoms with Crippen LogP contribution in [0.3, 0.4) is 0 Å². The van der Waals surface area contributed by atoms with E-state index in [1.807, 2.05) is 0 Å². The molecule has 0 fully saturated rings. The van der Waals surface area contributed by atoms with Crippen molar-refractivity contribution < 1.29 is 14.5 Å². The molecule has 0 aliphatic rings. The van der Waals surface area contributed by atoms with Gasteiger partial charge in [-0.1, -0.05) is 18.2 Å². The monoisotopic (exact) mass is 307 g/mol. The molecule has 0 saturated carbocycles. The van der Waals surface area contributed by atoms with E-state index < -0.39 is 10.9 Å². The quantitative estimate of drug-likeness (QED) is 0.501. The van der Waals surface area contributed by atoms with Crippen LogP contribution in [-0.2, 0) is 11.3 Å². The van der Waals surface area contributed by atoms with Gasteiger partial charge in [0.25, 0.3) is 5.69 Å². The number of nitro benzene ring substituents is 1. The molecule has 21 heavy (non-hydrogen) atoms. The summed E-state index contributed by atoms with van der Waals surface area (Å²) in [7, 11) is 0. The smallest absolute Gasteiger partial charge is 0.360 e. The number of thiazole rings is 1. The highest BCUT2D eigenvalue weighted by Crippen LogP contribution is 2.24. The van der Waals surface area contributed by atoms with E-state index in [9.17, 15) is 14.9 Å². The number of ether oxygens (including phenoxy) is 1. The van der Waals surface area contributed by atoms with Crippen LogP contribution < -0.4 is 5.32 Å². The summed E-state index contributed by atoms with van der Waals surface area (Å²) in [5.41, 5.74) is 2.28. The van der Waals surface area contributed by atoms with Crippen LogP contribution in [0, 0.1) is 10.1 Å². The van der Waals surface area contributed by atoms with Crippen molar-refractivity contribution in [3.63, 3.8) is 0 Å². The minimum atomic E-state index is -0.510. The summed E-state index contributed by atoms with van der Waals surface area (Å²) in [5, 5.41) is 14.5. The van der Waals surface area contributed by atoms with Crippen LogP contribution in [-0.4, -0.2) is 22.5 Å². The molecule has 110 valence electrons. The molecule has 0 atom stereocenters. The third-order valence-corrected chi connectivity index (χ3v) is 3.45. The zero-order valence-corrected chi connectivity index (χ0v) is 12.1. The highest BCUT2D eigenvalue weighted by Gasteiger charge is 2.17. The standard InChI is InChI=1S/C13H13N3O4S/c1-2-20-13(17)11-12(21-8-15-11)14-7-9-5-3-4-6-10(9)16(18)19/h3-6,8,14H,2,7H2,1H3. The van der Waals surface area contributed by atoms with Gasteiger partial charge in [0.05, 0.1) is 17.0 Å². The number of anilines is 1. The number of benzene rings is 1. The maximum Gasteiger partial charge on any atom is 0.360 e. The van der Waals surface area contributed by atoms with Gasteiger partial charge < -0.3 is 10.1 Å². The van der Waals surface area contributed by atoms with E-state index in [1.54, 1.807) is 25.1 Å². The van der Waals surface area contributed by atoms with Crippen molar-refractivity contribution in [3.05, 3.63) is 51.1 Å². The second kappa shape index (κ2) is 6.80. The number of aromatic nitrogens is 1. The molecule has 1 heterocycles. The number of nitro groups is 1. The molecule has 0 spiro atoms. The van der Waals surface area contributed by atoms with E-state index in [-0.39, 0.29) is 24.5 Å². The van der Waals surface area contributed by atoms with Gasteiger partial charge in [-0.25, -0.2) is 9.78 Å². The van der Waals surface area contributed by atoms with Crippen LogP contribution in [0.2, 0.25) is 0 Å². The lowest BCUT2D eigenvalue weighted by atomic mass is 10.2. The Balaban J connectivity index is 2.13. The zero-order chi connectivity index (χ0) is 15.2. The van der Waals surface area contributed by atoms with Gasteiger partial charge in [-0.3, -0.25) is 10.1 Å². The Bertz CT molecular complexity index is 656. The van der Waals surface area contributed by atoms with E-state index >= 15 is 0 Å². The van der Waals surface area contributed by atoms with Gasteiger partial charge in [0.2, 0.25) is 0 Å². The molecule has 0 saturated heterocycles. The van der Waals surface area contributed by atoms with Crippen molar-refractivity contribution in [1.82, 2.24) is 4.98 Å². The molecule has 0 aliphatic carbocycles. The first-order valence-electron chi connectivity index (χ1n) is 6.20. The van der Waals surface area contributed by atoms with E-state index in [1.165, 1.54) is 22.9 Å². The summed E-state index contributed by atoms with van der Waals surface area (Å²) in [6, 6.07) is 6.44.